The Morgan fingerprint density at radius 3 is 2.86 bits per heavy atom. The van der Waals surface area contributed by atoms with Crippen LogP contribution in [0.4, 0.5) is 0 Å². The first-order valence-electron chi connectivity index (χ1n) is 8.11. The molecule has 1 saturated carbocycles. The number of rotatable bonds is 6. The van der Waals surface area contributed by atoms with Crippen molar-refractivity contribution in [3.8, 4) is 0 Å². The molecular formula is C18H29NO2. The fourth-order valence-electron chi connectivity index (χ4n) is 3.83. The van der Waals surface area contributed by atoms with E-state index in [1.807, 2.05) is 24.3 Å². The van der Waals surface area contributed by atoms with Crippen molar-refractivity contribution in [2.45, 2.75) is 51.7 Å². The molecule has 1 aliphatic carbocycles. The lowest BCUT2D eigenvalue weighted by atomic mass is 9.64. The molecule has 1 aliphatic rings. The number of hydrogen-bond acceptors (Lipinski definition) is 3. The van der Waals surface area contributed by atoms with E-state index in [4.69, 9.17) is 10.5 Å². The van der Waals surface area contributed by atoms with E-state index in [1.54, 1.807) is 7.11 Å². The van der Waals surface area contributed by atoms with Gasteiger partial charge in [0.2, 0.25) is 0 Å². The van der Waals surface area contributed by atoms with Crippen molar-refractivity contribution in [1.82, 2.24) is 0 Å². The minimum Gasteiger partial charge on any atom is -0.388 e. The third-order valence-corrected chi connectivity index (χ3v) is 5.20. The zero-order valence-corrected chi connectivity index (χ0v) is 13.3. The van der Waals surface area contributed by atoms with E-state index < -0.39 is 6.10 Å². The molecule has 0 radical (unpaired) electrons. The van der Waals surface area contributed by atoms with Crippen molar-refractivity contribution < 1.29 is 9.84 Å². The molecule has 0 heterocycles. The van der Waals surface area contributed by atoms with Crippen LogP contribution in [0.2, 0.25) is 0 Å². The molecule has 0 aromatic heterocycles. The lowest BCUT2D eigenvalue weighted by Crippen LogP contribution is -2.41. The Kier molecular flexibility index (Phi) is 5.80. The van der Waals surface area contributed by atoms with Gasteiger partial charge in [-0.15, -0.1) is 0 Å². The van der Waals surface area contributed by atoms with Gasteiger partial charge in [0, 0.05) is 19.1 Å². The molecule has 1 aromatic carbocycles. The van der Waals surface area contributed by atoms with Crippen LogP contribution in [-0.2, 0) is 11.3 Å². The first kappa shape index (κ1) is 16.5. The maximum Gasteiger partial charge on any atom is 0.0861 e. The number of aliphatic hydroxyl groups is 1. The lowest BCUT2D eigenvalue weighted by molar-refractivity contribution is -0.0174. The zero-order valence-electron chi connectivity index (χ0n) is 13.3. The number of nitrogens with two attached hydrogens (primary N) is 1. The Hall–Kier alpha value is -0.900. The van der Waals surface area contributed by atoms with Crippen molar-refractivity contribution in [2.24, 2.45) is 17.1 Å². The number of ether oxygens (including phenoxy) is 1. The number of benzene rings is 1. The Morgan fingerprint density at radius 1 is 1.43 bits per heavy atom. The van der Waals surface area contributed by atoms with Crippen molar-refractivity contribution in [1.29, 1.82) is 0 Å². The van der Waals surface area contributed by atoms with Crippen molar-refractivity contribution in [3.63, 3.8) is 0 Å². The third-order valence-electron chi connectivity index (χ3n) is 5.20. The average molecular weight is 291 g/mol. The van der Waals surface area contributed by atoms with Crippen molar-refractivity contribution >= 4 is 0 Å². The molecule has 1 fully saturated rings. The molecule has 0 bridgehead atoms. The maximum absolute atomic E-state index is 11.1. The van der Waals surface area contributed by atoms with Crippen molar-refractivity contribution in [2.75, 3.05) is 13.7 Å². The summed E-state index contributed by atoms with van der Waals surface area (Å²) in [6, 6.07) is 8.04. The van der Waals surface area contributed by atoms with E-state index in [0.29, 0.717) is 19.1 Å². The van der Waals surface area contributed by atoms with Crippen LogP contribution in [0.1, 0.15) is 56.3 Å². The minimum atomic E-state index is -0.497. The monoisotopic (exact) mass is 291 g/mol. The van der Waals surface area contributed by atoms with Crippen LogP contribution in [0.15, 0.2) is 24.3 Å². The van der Waals surface area contributed by atoms with Gasteiger partial charge in [-0.1, -0.05) is 50.5 Å². The molecule has 2 rings (SSSR count). The molecule has 1 aromatic rings. The third kappa shape index (κ3) is 3.47. The van der Waals surface area contributed by atoms with Gasteiger partial charge in [0.1, 0.15) is 0 Å². The molecule has 3 unspecified atom stereocenters. The van der Waals surface area contributed by atoms with Gasteiger partial charge < -0.3 is 15.6 Å². The van der Waals surface area contributed by atoms with E-state index in [0.717, 1.165) is 24.0 Å². The number of hydrogen-bond donors (Lipinski definition) is 2. The zero-order chi connectivity index (χ0) is 15.3. The summed E-state index contributed by atoms with van der Waals surface area (Å²) in [6.45, 7) is 3.32. The number of methoxy groups -OCH3 is 1. The Morgan fingerprint density at radius 2 is 2.19 bits per heavy atom. The normalized spacial score (nSPS) is 27.5. The van der Waals surface area contributed by atoms with E-state index in [1.165, 1.54) is 19.3 Å². The van der Waals surface area contributed by atoms with Crippen LogP contribution < -0.4 is 5.73 Å². The SMILES string of the molecule is CCC1CCCC(CN)(C(O)c2ccccc2COC)C1. The first-order chi connectivity index (χ1) is 10.2. The van der Waals surface area contributed by atoms with Gasteiger partial charge in [-0.25, -0.2) is 0 Å². The smallest absolute Gasteiger partial charge is 0.0861 e. The lowest BCUT2D eigenvalue weighted by Gasteiger charge is -2.44. The van der Waals surface area contributed by atoms with E-state index >= 15 is 0 Å². The summed E-state index contributed by atoms with van der Waals surface area (Å²) >= 11 is 0. The predicted octanol–water partition coefficient (Wildman–Crippen LogP) is 3.41. The fraction of sp³-hybridized carbons (Fsp3) is 0.667. The van der Waals surface area contributed by atoms with Crippen LogP contribution in [0.5, 0.6) is 0 Å². The highest BCUT2D eigenvalue weighted by Gasteiger charge is 2.41. The van der Waals surface area contributed by atoms with Gasteiger partial charge in [-0.05, 0) is 29.9 Å². The maximum atomic E-state index is 11.1. The quantitative estimate of drug-likeness (QED) is 0.844. The molecule has 118 valence electrons. The molecule has 0 saturated heterocycles. The first-order valence-corrected chi connectivity index (χ1v) is 8.11. The van der Waals surface area contributed by atoms with Gasteiger partial charge in [0.05, 0.1) is 12.7 Å². The summed E-state index contributed by atoms with van der Waals surface area (Å²) < 4.78 is 5.27. The van der Waals surface area contributed by atoms with E-state index in [2.05, 4.69) is 6.92 Å². The second kappa shape index (κ2) is 7.39. The fourth-order valence-corrected chi connectivity index (χ4v) is 3.83. The second-order valence-electron chi connectivity index (χ2n) is 6.47. The Balaban J connectivity index is 2.29. The molecule has 3 N–H and O–H groups in total. The highest BCUT2D eigenvalue weighted by atomic mass is 16.5. The average Bonchev–Trinajstić information content (AvgIpc) is 2.55. The highest BCUT2D eigenvalue weighted by Crippen LogP contribution is 2.48. The minimum absolute atomic E-state index is 0.178. The molecule has 0 aliphatic heterocycles. The number of aliphatic hydroxyl groups excluding tert-OH is 1. The summed E-state index contributed by atoms with van der Waals surface area (Å²) in [7, 11) is 1.69. The predicted molar refractivity (Wildman–Crippen MR) is 85.9 cm³/mol. The van der Waals surface area contributed by atoms with Crippen LogP contribution in [-0.4, -0.2) is 18.8 Å². The summed E-state index contributed by atoms with van der Waals surface area (Å²) in [5.74, 6) is 0.687. The molecule has 3 heteroatoms. The van der Waals surface area contributed by atoms with Gasteiger partial charge in [0.25, 0.3) is 0 Å². The molecule has 3 nitrogen and oxygen atoms in total. The van der Waals surface area contributed by atoms with Crippen molar-refractivity contribution in [3.05, 3.63) is 35.4 Å². The topological polar surface area (TPSA) is 55.5 Å². The summed E-state index contributed by atoms with van der Waals surface area (Å²) in [5, 5.41) is 11.1. The van der Waals surface area contributed by atoms with Gasteiger partial charge in [-0.2, -0.15) is 0 Å². The molecule has 0 amide bonds. The molecule has 0 spiro atoms. The van der Waals surface area contributed by atoms with E-state index in [-0.39, 0.29) is 5.41 Å². The van der Waals surface area contributed by atoms with Crippen LogP contribution in [0, 0.1) is 11.3 Å². The molecule has 3 atom stereocenters. The Labute approximate surface area is 128 Å². The summed E-state index contributed by atoms with van der Waals surface area (Å²) in [4.78, 5) is 0. The molecule has 21 heavy (non-hydrogen) atoms. The van der Waals surface area contributed by atoms with Crippen LogP contribution >= 0.6 is 0 Å². The Bertz CT molecular complexity index is 449. The van der Waals surface area contributed by atoms with Gasteiger partial charge in [0.15, 0.2) is 0 Å². The standard InChI is InChI=1S/C18H29NO2/c1-3-14-7-6-10-18(11-14,13-19)17(20)16-9-5-4-8-15(16)12-21-2/h4-5,8-9,14,17,20H,3,6-7,10-13,19H2,1-2H3. The second-order valence-corrected chi connectivity index (χ2v) is 6.47. The van der Waals surface area contributed by atoms with Crippen LogP contribution in [0.3, 0.4) is 0 Å². The van der Waals surface area contributed by atoms with Gasteiger partial charge >= 0.3 is 0 Å². The highest BCUT2D eigenvalue weighted by molar-refractivity contribution is 5.30. The summed E-state index contributed by atoms with van der Waals surface area (Å²) in [6.07, 6.45) is 5.16. The summed E-state index contributed by atoms with van der Waals surface area (Å²) in [5.41, 5.74) is 8.00. The van der Waals surface area contributed by atoms with E-state index in [9.17, 15) is 5.11 Å². The van der Waals surface area contributed by atoms with Crippen LogP contribution in [0.25, 0.3) is 0 Å². The van der Waals surface area contributed by atoms with Gasteiger partial charge in [-0.3, -0.25) is 0 Å². The largest absolute Gasteiger partial charge is 0.388 e. The molecular weight excluding hydrogens is 262 g/mol.